The van der Waals surface area contributed by atoms with Gasteiger partial charge >= 0.3 is 12.1 Å². The van der Waals surface area contributed by atoms with Crippen molar-refractivity contribution in [3.05, 3.63) is 35.9 Å². The molecule has 0 saturated heterocycles. The van der Waals surface area contributed by atoms with Crippen molar-refractivity contribution in [1.82, 2.24) is 10.6 Å². The number of aliphatic hydroxyl groups excluding tert-OH is 1. The number of methoxy groups -OCH3 is 1. The van der Waals surface area contributed by atoms with E-state index in [1.165, 1.54) is 14.0 Å². The van der Waals surface area contributed by atoms with E-state index in [1.807, 2.05) is 18.2 Å². The summed E-state index contributed by atoms with van der Waals surface area (Å²) in [4.78, 5) is 36.6. The first-order valence-corrected chi connectivity index (χ1v) is 9.92. The van der Waals surface area contributed by atoms with Gasteiger partial charge in [0.25, 0.3) is 0 Å². The molecule has 162 valence electrons. The maximum atomic E-state index is 12.6. The van der Waals surface area contributed by atoms with Gasteiger partial charge in [-0.2, -0.15) is 0 Å². The number of amides is 2. The maximum absolute atomic E-state index is 12.6. The van der Waals surface area contributed by atoms with E-state index in [1.54, 1.807) is 12.1 Å². The Morgan fingerprint density at radius 3 is 2.34 bits per heavy atom. The van der Waals surface area contributed by atoms with E-state index in [0.717, 1.165) is 31.2 Å². The van der Waals surface area contributed by atoms with Crippen molar-refractivity contribution in [2.75, 3.05) is 7.11 Å². The van der Waals surface area contributed by atoms with E-state index in [-0.39, 0.29) is 6.61 Å². The summed E-state index contributed by atoms with van der Waals surface area (Å²) in [5.74, 6) is -1.24. The van der Waals surface area contributed by atoms with Crippen LogP contribution in [0.2, 0.25) is 0 Å². The number of carbonyl (C=O) groups excluding carboxylic acids is 3. The zero-order valence-electron chi connectivity index (χ0n) is 17.3. The van der Waals surface area contributed by atoms with Crippen molar-refractivity contribution in [3.63, 3.8) is 0 Å². The summed E-state index contributed by atoms with van der Waals surface area (Å²) in [6, 6.07) is 6.97. The summed E-state index contributed by atoms with van der Waals surface area (Å²) in [5, 5.41) is 14.8. The molecule has 0 aromatic heterocycles. The molecule has 0 bridgehead atoms. The minimum Gasteiger partial charge on any atom is -0.467 e. The number of unbranched alkanes of at least 4 members (excludes halogenated alkanes) is 3. The topological polar surface area (TPSA) is 114 Å². The summed E-state index contributed by atoms with van der Waals surface area (Å²) in [6.07, 6.45) is 2.17. The van der Waals surface area contributed by atoms with Gasteiger partial charge in [0.2, 0.25) is 5.91 Å². The Kier molecular flexibility index (Phi) is 11.4. The summed E-state index contributed by atoms with van der Waals surface area (Å²) < 4.78 is 9.84. The molecular formula is C21H32N2O6. The number of alkyl carbamates (subject to hydrolysis) is 1. The van der Waals surface area contributed by atoms with E-state index in [0.29, 0.717) is 6.42 Å². The zero-order valence-corrected chi connectivity index (χ0v) is 17.3. The third kappa shape index (κ3) is 9.43. The van der Waals surface area contributed by atoms with Crippen molar-refractivity contribution in [2.24, 2.45) is 0 Å². The summed E-state index contributed by atoms with van der Waals surface area (Å²) >= 11 is 0. The lowest BCUT2D eigenvalue weighted by molar-refractivity contribution is -0.145. The molecule has 29 heavy (non-hydrogen) atoms. The Morgan fingerprint density at radius 2 is 1.76 bits per heavy atom. The fourth-order valence-corrected chi connectivity index (χ4v) is 2.72. The smallest absolute Gasteiger partial charge is 0.408 e. The highest BCUT2D eigenvalue weighted by atomic mass is 16.5. The molecule has 0 aliphatic rings. The van der Waals surface area contributed by atoms with Crippen LogP contribution in [0.25, 0.3) is 0 Å². The number of aliphatic hydroxyl groups is 1. The van der Waals surface area contributed by atoms with Crippen molar-refractivity contribution in [1.29, 1.82) is 0 Å². The molecular weight excluding hydrogens is 376 g/mol. The molecule has 0 aliphatic carbocycles. The van der Waals surface area contributed by atoms with E-state index in [9.17, 15) is 19.5 Å². The first-order valence-electron chi connectivity index (χ1n) is 9.92. The van der Waals surface area contributed by atoms with Crippen LogP contribution in [0.5, 0.6) is 0 Å². The Morgan fingerprint density at radius 1 is 1.07 bits per heavy atom. The number of carbonyl (C=O) groups is 3. The molecule has 8 heteroatoms. The van der Waals surface area contributed by atoms with Crippen LogP contribution in [0.4, 0.5) is 4.79 Å². The monoisotopic (exact) mass is 408 g/mol. The summed E-state index contributed by atoms with van der Waals surface area (Å²) in [7, 11) is 1.25. The average molecular weight is 408 g/mol. The molecule has 2 amide bonds. The minimum absolute atomic E-state index is 0.0308. The summed E-state index contributed by atoms with van der Waals surface area (Å²) in [6.45, 7) is 3.48. The van der Waals surface area contributed by atoms with Gasteiger partial charge in [-0.15, -0.1) is 0 Å². The van der Waals surface area contributed by atoms with Crippen LogP contribution in [0, 0.1) is 0 Å². The molecule has 0 saturated carbocycles. The Balaban J connectivity index is 2.63. The van der Waals surface area contributed by atoms with Gasteiger partial charge in [0.15, 0.2) is 0 Å². The van der Waals surface area contributed by atoms with Crippen molar-refractivity contribution >= 4 is 18.0 Å². The lowest BCUT2D eigenvalue weighted by atomic mass is 10.1. The van der Waals surface area contributed by atoms with Gasteiger partial charge in [0, 0.05) is 0 Å². The average Bonchev–Trinajstić information content (AvgIpc) is 2.72. The van der Waals surface area contributed by atoms with E-state index < -0.39 is 36.2 Å². The fraction of sp³-hybridized carbons (Fsp3) is 0.571. The van der Waals surface area contributed by atoms with Gasteiger partial charge in [-0.05, 0) is 18.9 Å². The van der Waals surface area contributed by atoms with Gasteiger partial charge < -0.3 is 25.2 Å². The van der Waals surface area contributed by atoms with Crippen molar-refractivity contribution < 1.29 is 29.0 Å². The van der Waals surface area contributed by atoms with E-state index >= 15 is 0 Å². The molecule has 1 aromatic rings. The molecule has 0 aliphatic heterocycles. The second-order valence-corrected chi connectivity index (χ2v) is 6.86. The Hall–Kier alpha value is -2.61. The minimum atomic E-state index is -1.26. The highest BCUT2D eigenvalue weighted by molar-refractivity contribution is 5.90. The number of hydrogen-bond acceptors (Lipinski definition) is 6. The van der Waals surface area contributed by atoms with Crippen LogP contribution in [-0.2, 0) is 25.7 Å². The molecule has 0 unspecified atom stereocenters. The van der Waals surface area contributed by atoms with Crippen LogP contribution in [0.1, 0.15) is 51.5 Å². The Labute approximate surface area is 172 Å². The van der Waals surface area contributed by atoms with Gasteiger partial charge in [0.05, 0.1) is 13.2 Å². The standard InChI is InChI=1S/C21H32N2O6/c1-4-5-6-10-13-17(20(26)28-3)22-19(25)18(15(2)24)23-21(27)29-14-16-11-8-7-9-12-16/h7-9,11-12,15,17-18,24H,4-6,10,13-14H2,1-3H3,(H,22,25)(H,23,27)/t15-,17-,18+/m1/s1. The molecule has 0 fully saturated rings. The number of ether oxygens (including phenoxy) is 2. The molecule has 1 aromatic carbocycles. The predicted octanol–water partition coefficient (Wildman–Crippen LogP) is 2.29. The zero-order chi connectivity index (χ0) is 21.6. The predicted molar refractivity (Wildman–Crippen MR) is 108 cm³/mol. The van der Waals surface area contributed by atoms with Crippen molar-refractivity contribution in [3.8, 4) is 0 Å². The second kappa shape index (κ2) is 13.5. The number of rotatable bonds is 12. The van der Waals surface area contributed by atoms with E-state index in [4.69, 9.17) is 9.47 Å². The number of esters is 1. The van der Waals surface area contributed by atoms with Crippen molar-refractivity contribution in [2.45, 2.75) is 70.7 Å². The molecule has 3 atom stereocenters. The van der Waals surface area contributed by atoms with Crippen LogP contribution in [0.15, 0.2) is 30.3 Å². The SMILES string of the molecule is CCCCCC[C@@H](NC(=O)[C@@H](NC(=O)OCc1ccccc1)[C@@H](C)O)C(=O)OC. The second-order valence-electron chi connectivity index (χ2n) is 6.86. The normalized spacial score (nSPS) is 13.7. The lowest BCUT2D eigenvalue weighted by Crippen LogP contribution is -2.55. The number of benzene rings is 1. The third-order valence-corrected chi connectivity index (χ3v) is 4.40. The maximum Gasteiger partial charge on any atom is 0.408 e. The molecule has 0 radical (unpaired) electrons. The third-order valence-electron chi connectivity index (χ3n) is 4.40. The Bertz CT molecular complexity index is 635. The highest BCUT2D eigenvalue weighted by Gasteiger charge is 2.30. The number of nitrogens with one attached hydrogen (secondary N) is 2. The first-order chi connectivity index (χ1) is 13.9. The van der Waals surface area contributed by atoms with E-state index in [2.05, 4.69) is 17.6 Å². The van der Waals surface area contributed by atoms with Gasteiger partial charge in [-0.25, -0.2) is 9.59 Å². The fourth-order valence-electron chi connectivity index (χ4n) is 2.72. The van der Waals surface area contributed by atoms with Gasteiger partial charge in [-0.1, -0.05) is 62.9 Å². The molecule has 1 rings (SSSR count). The first kappa shape index (κ1) is 24.4. The molecule has 0 heterocycles. The molecule has 3 N–H and O–H groups in total. The van der Waals surface area contributed by atoms with Crippen LogP contribution in [0.3, 0.4) is 0 Å². The largest absolute Gasteiger partial charge is 0.467 e. The molecule has 8 nitrogen and oxygen atoms in total. The van der Waals surface area contributed by atoms with Gasteiger partial charge in [0.1, 0.15) is 18.7 Å². The quantitative estimate of drug-likeness (QED) is 0.361. The van der Waals surface area contributed by atoms with Crippen LogP contribution >= 0.6 is 0 Å². The highest BCUT2D eigenvalue weighted by Crippen LogP contribution is 2.08. The molecule has 0 spiro atoms. The number of hydrogen-bond donors (Lipinski definition) is 3. The van der Waals surface area contributed by atoms with Crippen LogP contribution < -0.4 is 10.6 Å². The lowest BCUT2D eigenvalue weighted by Gasteiger charge is -2.23. The van der Waals surface area contributed by atoms with Gasteiger partial charge in [-0.3, -0.25) is 4.79 Å². The summed E-state index contributed by atoms with van der Waals surface area (Å²) in [5.41, 5.74) is 0.790. The van der Waals surface area contributed by atoms with Crippen LogP contribution in [-0.4, -0.2) is 48.4 Å².